The molecule has 0 spiro atoms. The zero-order valence-corrected chi connectivity index (χ0v) is 8.28. The minimum absolute atomic E-state index is 0.126. The van der Waals surface area contributed by atoms with Gasteiger partial charge in [-0.15, -0.1) is 0 Å². The Morgan fingerprint density at radius 1 is 1.33 bits per heavy atom. The number of unbranched alkanes of at least 4 members (excludes halogenated alkanes) is 1. The molecule has 1 rings (SSSR count). The highest BCUT2D eigenvalue weighted by Gasteiger charge is 2.01. The topological polar surface area (TPSA) is 46.5 Å². The molecule has 0 unspecified atom stereocenters. The van der Waals surface area contributed by atoms with Crippen LogP contribution in [0.2, 0.25) is 0 Å². The van der Waals surface area contributed by atoms with Gasteiger partial charge in [-0.25, -0.2) is 4.39 Å². The van der Waals surface area contributed by atoms with Gasteiger partial charge in [-0.05, 0) is 25.0 Å². The first-order chi connectivity index (χ1) is 7.20. The van der Waals surface area contributed by atoms with Crippen LogP contribution in [0, 0.1) is 5.82 Å². The van der Waals surface area contributed by atoms with E-state index in [1.165, 1.54) is 6.07 Å². The summed E-state index contributed by atoms with van der Waals surface area (Å²) in [5.41, 5.74) is 0. The van der Waals surface area contributed by atoms with E-state index in [0.717, 1.165) is 0 Å². The first-order valence-electron chi connectivity index (χ1n) is 4.79. The third-order valence-electron chi connectivity index (χ3n) is 1.88. The summed E-state index contributed by atoms with van der Waals surface area (Å²) >= 11 is 0. The first kappa shape index (κ1) is 11.5. The first-order valence-corrected chi connectivity index (χ1v) is 4.79. The van der Waals surface area contributed by atoms with Crippen molar-refractivity contribution in [3.8, 4) is 5.75 Å². The van der Waals surface area contributed by atoms with E-state index in [-0.39, 0.29) is 12.2 Å². The summed E-state index contributed by atoms with van der Waals surface area (Å²) in [7, 11) is 0. The van der Waals surface area contributed by atoms with Crippen molar-refractivity contribution in [1.82, 2.24) is 0 Å². The summed E-state index contributed by atoms with van der Waals surface area (Å²) in [5.74, 6) is -0.996. The van der Waals surface area contributed by atoms with E-state index in [1.807, 2.05) is 0 Å². The molecule has 0 radical (unpaired) electrons. The zero-order valence-electron chi connectivity index (χ0n) is 8.28. The van der Waals surface area contributed by atoms with Crippen molar-refractivity contribution < 1.29 is 19.0 Å². The molecular weight excluding hydrogens is 199 g/mol. The minimum atomic E-state index is -0.819. The maximum absolute atomic E-state index is 13.0. The smallest absolute Gasteiger partial charge is 0.303 e. The van der Waals surface area contributed by atoms with Crippen LogP contribution in [0.3, 0.4) is 0 Å². The molecule has 15 heavy (non-hydrogen) atoms. The summed E-state index contributed by atoms with van der Waals surface area (Å²) in [5, 5.41) is 8.37. The Bertz CT molecular complexity index is 325. The Hall–Kier alpha value is -1.58. The van der Waals surface area contributed by atoms with E-state index >= 15 is 0 Å². The average Bonchev–Trinajstić information content (AvgIpc) is 2.20. The van der Waals surface area contributed by atoms with Gasteiger partial charge in [0.05, 0.1) is 6.61 Å². The van der Waals surface area contributed by atoms with E-state index < -0.39 is 11.8 Å². The van der Waals surface area contributed by atoms with Gasteiger partial charge in [0.15, 0.2) is 11.6 Å². The second-order valence-corrected chi connectivity index (χ2v) is 3.13. The second kappa shape index (κ2) is 6.01. The Morgan fingerprint density at radius 2 is 2.07 bits per heavy atom. The maximum atomic E-state index is 13.0. The monoisotopic (exact) mass is 212 g/mol. The van der Waals surface area contributed by atoms with Crippen molar-refractivity contribution in [3.63, 3.8) is 0 Å². The largest absolute Gasteiger partial charge is 0.491 e. The van der Waals surface area contributed by atoms with Crippen molar-refractivity contribution in [2.75, 3.05) is 6.61 Å². The fourth-order valence-electron chi connectivity index (χ4n) is 1.12. The number of hydrogen-bond donors (Lipinski definition) is 1. The molecular formula is C11H13FO3. The average molecular weight is 212 g/mol. The van der Waals surface area contributed by atoms with E-state index in [2.05, 4.69) is 0 Å². The summed E-state index contributed by atoms with van der Waals surface area (Å²) in [4.78, 5) is 10.2. The lowest BCUT2D eigenvalue weighted by molar-refractivity contribution is -0.137. The lowest BCUT2D eigenvalue weighted by Gasteiger charge is -2.05. The van der Waals surface area contributed by atoms with Crippen LogP contribution in [0.25, 0.3) is 0 Å². The van der Waals surface area contributed by atoms with Crippen molar-refractivity contribution >= 4 is 5.97 Å². The Kier molecular flexibility index (Phi) is 4.60. The highest BCUT2D eigenvalue weighted by atomic mass is 19.1. The van der Waals surface area contributed by atoms with Gasteiger partial charge in [-0.2, -0.15) is 0 Å². The quantitative estimate of drug-likeness (QED) is 0.737. The number of para-hydroxylation sites is 1. The van der Waals surface area contributed by atoms with Crippen molar-refractivity contribution in [3.05, 3.63) is 30.1 Å². The van der Waals surface area contributed by atoms with Gasteiger partial charge in [0, 0.05) is 6.42 Å². The van der Waals surface area contributed by atoms with Gasteiger partial charge in [0.1, 0.15) is 0 Å². The molecule has 1 N–H and O–H groups in total. The summed E-state index contributed by atoms with van der Waals surface area (Å²) < 4.78 is 18.2. The van der Waals surface area contributed by atoms with Gasteiger partial charge in [-0.1, -0.05) is 12.1 Å². The van der Waals surface area contributed by atoms with E-state index in [0.29, 0.717) is 19.4 Å². The number of rotatable bonds is 6. The molecule has 0 amide bonds. The number of carboxylic acid groups (broad SMARTS) is 1. The molecule has 1 aromatic rings. The lowest BCUT2D eigenvalue weighted by atomic mass is 10.2. The van der Waals surface area contributed by atoms with Gasteiger partial charge >= 0.3 is 5.97 Å². The van der Waals surface area contributed by atoms with Crippen molar-refractivity contribution in [2.45, 2.75) is 19.3 Å². The fourth-order valence-corrected chi connectivity index (χ4v) is 1.12. The number of carboxylic acids is 1. The summed E-state index contributed by atoms with van der Waals surface area (Å²) in [6.45, 7) is 0.341. The Morgan fingerprint density at radius 3 is 2.73 bits per heavy atom. The fraction of sp³-hybridized carbons (Fsp3) is 0.364. The third-order valence-corrected chi connectivity index (χ3v) is 1.88. The minimum Gasteiger partial charge on any atom is -0.491 e. The van der Waals surface area contributed by atoms with Crippen LogP contribution in [-0.2, 0) is 4.79 Å². The van der Waals surface area contributed by atoms with Crippen LogP contribution in [-0.4, -0.2) is 17.7 Å². The summed E-state index contributed by atoms with van der Waals surface area (Å²) in [6, 6.07) is 6.15. The molecule has 0 saturated heterocycles. The third kappa shape index (κ3) is 4.44. The number of ether oxygens (including phenoxy) is 1. The highest BCUT2D eigenvalue weighted by molar-refractivity contribution is 5.66. The van der Waals surface area contributed by atoms with Crippen LogP contribution in [0.15, 0.2) is 24.3 Å². The van der Waals surface area contributed by atoms with E-state index in [1.54, 1.807) is 18.2 Å². The van der Waals surface area contributed by atoms with Crippen LogP contribution in [0.4, 0.5) is 4.39 Å². The molecule has 0 aliphatic rings. The standard InChI is InChI=1S/C11H13FO3/c12-9-5-1-2-6-10(9)15-8-4-3-7-11(13)14/h1-2,5-6H,3-4,7-8H2,(H,13,14). The van der Waals surface area contributed by atoms with Gasteiger partial charge in [-0.3, -0.25) is 4.79 Å². The van der Waals surface area contributed by atoms with Crippen LogP contribution in [0.5, 0.6) is 5.75 Å². The molecule has 0 fully saturated rings. The number of hydrogen-bond acceptors (Lipinski definition) is 2. The normalized spacial score (nSPS) is 9.93. The molecule has 4 heteroatoms. The van der Waals surface area contributed by atoms with Crippen LogP contribution in [0.1, 0.15) is 19.3 Å². The number of aliphatic carboxylic acids is 1. The van der Waals surface area contributed by atoms with Gasteiger partial charge < -0.3 is 9.84 Å². The van der Waals surface area contributed by atoms with E-state index in [9.17, 15) is 9.18 Å². The van der Waals surface area contributed by atoms with Crippen molar-refractivity contribution in [1.29, 1.82) is 0 Å². The van der Waals surface area contributed by atoms with Gasteiger partial charge in [0.2, 0.25) is 0 Å². The lowest BCUT2D eigenvalue weighted by Crippen LogP contribution is -2.01. The number of benzene rings is 1. The zero-order chi connectivity index (χ0) is 11.1. The molecule has 0 aromatic heterocycles. The second-order valence-electron chi connectivity index (χ2n) is 3.13. The van der Waals surface area contributed by atoms with Gasteiger partial charge in [0.25, 0.3) is 0 Å². The molecule has 0 aliphatic heterocycles. The molecule has 0 bridgehead atoms. The molecule has 0 aliphatic carbocycles. The van der Waals surface area contributed by atoms with E-state index in [4.69, 9.17) is 9.84 Å². The molecule has 82 valence electrons. The van der Waals surface area contributed by atoms with Crippen molar-refractivity contribution in [2.24, 2.45) is 0 Å². The highest BCUT2D eigenvalue weighted by Crippen LogP contribution is 2.15. The molecule has 0 heterocycles. The summed E-state index contributed by atoms with van der Waals surface area (Å²) in [6.07, 6.45) is 1.28. The molecule has 0 saturated carbocycles. The molecule has 1 aromatic carbocycles. The predicted octanol–water partition coefficient (Wildman–Crippen LogP) is 2.46. The Labute approximate surface area is 87.5 Å². The number of halogens is 1. The maximum Gasteiger partial charge on any atom is 0.303 e. The molecule has 0 atom stereocenters. The van der Waals surface area contributed by atoms with Crippen LogP contribution >= 0.6 is 0 Å². The number of carbonyl (C=O) groups is 1. The SMILES string of the molecule is O=C(O)CCCCOc1ccccc1F. The molecule has 3 nitrogen and oxygen atoms in total. The van der Waals surface area contributed by atoms with Crippen LogP contribution < -0.4 is 4.74 Å². The Balaban J connectivity index is 2.21. The predicted molar refractivity (Wildman–Crippen MR) is 53.4 cm³/mol.